The minimum Gasteiger partial charge on any atom is -0.476 e. The van der Waals surface area contributed by atoms with Crippen molar-refractivity contribution in [2.75, 3.05) is 10.8 Å². The van der Waals surface area contributed by atoms with Gasteiger partial charge in [-0.1, -0.05) is 54.1 Å². The highest BCUT2D eigenvalue weighted by molar-refractivity contribution is 7.92. The van der Waals surface area contributed by atoms with Crippen molar-refractivity contribution in [3.05, 3.63) is 89.5 Å². The van der Waals surface area contributed by atoms with Gasteiger partial charge >= 0.3 is 0 Å². The summed E-state index contributed by atoms with van der Waals surface area (Å²) >= 11 is 0. The number of nitrogens with zero attached hydrogens (tertiary/aromatic N) is 1. The first-order chi connectivity index (χ1) is 15.3. The number of para-hydroxylation sites is 2. The van der Waals surface area contributed by atoms with Gasteiger partial charge in [0.05, 0.1) is 23.2 Å². The minimum atomic E-state index is -3.86. The number of hydrogen-bond acceptors (Lipinski definition) is 4. The first-order valence-corrected chi connectivity index (χ1v) is 11.9. The summed E-state index contributed by atoms with van der Waals surface area (Å²) in [7, 11) is -3.86. The maximum atomic E-state index is 13.4. The maximum absolute atomic E-state index is 13.4. The summed E-state index contributed by atoms with van der Waals surface area (Å²) in [6.45, 7) is 5.83. The molecule has 3 aromatic rings. The molecule has 32 heavy (non-hydrogen) atoms. The Morgan fingerprint density at radius 1 is 1.03 bits per heavy atom. The zero-order valence-electron chi connectivity index (χ0n) is 18.3. The van der Waals surface area contributed by atoms with Crippen LogP contribution in [0.25, 0.3) is 0 Å². The second-order valence-electron chi connectivity index (χ2n) is 8.01. The Balaban J connectivity index is 1.61. The summed E-state index contributed by atoms with van der Waals surface area (Å²) in [6.07, 6.45) is -0.975. The normalized spacial score (nSPS) is 16.6. The van der Waals surface area contributed by atoms with Crippen LogP contribution in [0.15, 0.2) is 77.7 Å². The van der Waals surface area contributed by atoms with Crippen molar-refractivity contribution in [1.29, 1.82) is 0 Å². The highest BCUT2D eigenvalue weighted by Crippen LogP contribution is 2.37. The molecule has 0 saturated carbocycles. The Labute approximate surface area is 188 Å². The van der Waals surface area contributed by atoms with E-state index < -0.39 is 16.1 Å². The lowest BCUT2D eigenvalue weighted by Gasteiger charge is -2.35. The van der Waals surface area contributed by atoms with Crippen molar-refractivity contribution in [1.82, 2.24) is 5.32 Å². The van der Waals surface area contributed by atoms with Gasteiger partial charge in [0.1, 0.15) is 5.75 Å². The third kappa shape index (κ3) is 4.21. The van der Waals surface area contributed by atoms with Crippen LogP contribution < -0.4 is 14.4 Å². The third-order valence-electron chi connectivity index (χ3n) is 5.61. The Morgan fingerprint density at radius 2 is 1.72 bits per heavy atom. The lowest BCUT2D eigenvalue weighted by molar-refractivity contribution is -0.128. The number of hydrogen-bond donors (Lipinski definition) is 1. The molecular formula is C25H26N2O4S. The molecule has 166 valence electrons. The van der Waals surface area contributed by atoms with E-state index >= 15 is 0 Å². The zero-order valence-corrected chi connectivity index (χ0v) is 19.1. The van der Waals surface area contributed by atoms with Crippen LogP contribution in [0.5, 0.6) is 5.75 Å². The second kappa shape index (κ2) is 8.67. The molecule has 3 aromatic carbocycles. The smallest absolute Gasteiger partial charge is 0.264 e. The van der Waals surface area contributed by atoms with Gasteiger partial charge in [-0.05, 0) is 56.2 Å². The van der Waals surface area contributed by atoms with E-state index in [4.69, 9.17) is 4.74 Å². The fourth-order valence-corrected chi connectivity index (χ4v) is 5.48. The van der Waals surface area contributed by atoms with Crippen molar-refractivity contribution >= 4 is 21.6 Å². The number of rotatable bonds is 5. The van der Waals surface area contributed by atoms with E-state index in [9.17, 15) is 13.2 Å². The molecule has 1 amide bonds. The van der Waals surface area contributed by atoms with Gasteiger partial charge in [0.2, 0.25) is 0 Å². The predicted octanol–water partition coefficient (Wildman–Crippen LogP) is 4.14. The Kier molecular flexibility index (Phi) is 5.93. The average Bonchev–Trinajstić information content (AvgIpc) is 2.78. The van der Waals surface area contributed by atoms with E-state index in [-0.39, 0.29) is 23.4 Å². The average molecular weight is 451 g/mol. The number of benzene rings is 3. The lowest BCUT2D eigenvalue weighted by atomic mass is 10.00. The molecule has 0 unspecified atom stereocenters. The molecule has 0 aromatic heterocycles. The summed E-state index contributed by atoms with van der Waals surface area (Å²) in [6, 6.07) is 20.9. The molecule has 1 N–H and O–H groups in total. The molecule has 0 fully saturated rings. The van der Waals surface area contributed by atoms with Crippen LogP contribution in [-0.2, 0) is 14.8 Å². The molecule has 7 heteroatoms. The van der Waals surface area contributed by atoms with Crippen molar-refractivity contribution < 1.29 is 17.9 Å². The Bertz CT molecular complexity index is 1240. The highest BCUT2D eigenvalue weighted by Gasteiger charge is 2.37. The number of carbonyl (C=O) groups is 1. The van der Waals surface area contributed by atoms with Gasteiger partial charge in [-0.25, -0.2) is 8.42 Å². The lowest BCUT2D eigenvalue weighted by Crippen LogP contribution is -2.51. The minimum absolute atomic E-state index is 0.111. The van der Waals surface area contributed by atoms with Crippen LogP contribution in [0.2, 0.25) is 0 Å². The zero-order chi connectivity index (χ0) is 22.9. The summed E-state index contributed by atoms with van der Waals surface area (Å²) in [4.78, 5) is 13.3. The molecule has 2 atom stereocenters. The Morgan fingerprint density at radius 3 is 2.44 bits per heavy atom. The number of aryl methyl sites for hydroxylation is 2. The fraction of sp³-hybridized carbons (Fsp3) is 0.240. The molecule has 0 saturated heterocycles. The summed E-state index contributed by atoms with van der Waals surface area (Å²) in [5.41, 5.74) is 3.66. The number of anilines is 1. The van der Waals surface area contributed by atoms with Gasteiger partial charge < -0.3 is 10.1 Å². The standard InChI is InChI=1S/C25H26N2O4S/c1-17-13-14-21(18(2)15-17)19(3)26-25(28)24-16-27(22-11-7-8-12-23(22)31-24)32(29,30)20-9-5-4-6-10-20/h4-15,19,24H,16H2,1-3H3,(H,26,28)/t19-,24-/m0/s1. The van der Waals surface area contributed by atoms with Crippen molar-refractivity contribution in [2.24, 2.45) is 0 Å². The molecule has 0 spiro atoms. The molecule has 4 rings (SSSR count). The number of amides is 1. The fourth-order valence-electron chi connectivity index (χ4n) is 3.98. The van der Waals surface area contributed by atoms with Crippen LogP contribution in [0.1, 0.15) is 29.7 Å². The number of fused-ring (bicyclic) bond motifs is 1. The van der Waals surface area contributed by atoms with Crippen molar-refractivity contribution in [3.63, 3.8) is 0 Å². The molecule has 1 aliphatic rings. The molecular weight excluding hydrogens is 424 g/mol. The van der Waals surface area contributed by atoms with E-state index in [0.29, 0.717) is 11.4 Å². The largest absolute Gasteiger partial charge is 0.476 e. The topological polar surface area (TPSA) is 75.7 Å². The second-order valence-corrected chi connectivity index (χ2v) is 9.88. The third-order valence-corrected chi connectivity index (χ3v) is 7.40. The molecule has 6 nitrogen and oxygen atoms in total. The quantitative estimate of drug-likeness (QED) is 0.634. The van der Waals surface area contributed by atoms with Crippen LogP contribution >= 0.6 is 0 Å². The molecule has 0 radical (unpaired) electrons. The Hall–Kier alpha value is -3.32. The monoisotopic (exact) mass is 450 g/mol. The van der Waals surface area contributed by atoms with Crippen LogP contribution in [-0.4, -0.2) is 27.0 Å². The van der Waals surface area contributed by atoms with Gasteiger partial charge in [-0.15, -0.1) is 0 Å². The van der Waals surface area contributed by atoms with E-state index in [1.807, 2.05) is 32.9 Å². The molecule has 1 aliphatic heterocycles. The van der Waals surface area contributed by atoms with Gasteiger partial charge in [-0.2, -0.15) is 0 Å². The summed E-state index contributed by atoms with van der Waals surface area (Å²) in [5, 5.41) is 2.98. The SMILES string of the molecule is Cc1ccc([C@H](C)NC(=O)[C@@H]2CN(S(=O)(=O)c3ccccc3)c3ccccc3O2)c(C)c1. The van der Waals surface area contributed by atoms with E-state index in [1.54, 1.807) is 54.6 Å². The van der Waals surface area contributed by atoms with Gasteiger partial charge in [0.25, 0.3) is 15.9 Å². The number of ether oxygens (including phenoxy) is 1. The van der Waals surface area contributed by atoms with Crippen molar-refractivity contribution in [2.45, 2.75) is 37.8 Å². The number of nitrogens with one attached hydrogen (secondary N) is 1. The molecule has 0 bridgehead atoms. The van der Waals surface area contributed by atoms with Gasteiger partial charge in [0.15, 0.2) is 6.10 Å². The highest BCUT2D eigenvalue weighted by atomic mass is 32.2. The van der Waals surface area contributed by atoms with Crippen molar-refractivity contribution in [3.8, 4) is 5.75 Å². The van der Waals surface area contributed by atoms with Gasteiger partial charge in [-0.3, -0.25) is 9.10 Å². The number of sulfonamides is 1. The van der Waals surface area contributed by atoms with E-state index in [1.165, 1.54) is 4.31 Å². The first kappa shape index (κ1) is 21.9. The van der Waals surface area contributed by atoms with Crippen LogP contribution in [0, 0.1) is 13.8 Å². The first-order valence-electron chi connectivity index (χ1n) is 10.5. The molecule has 0 aliphatic carbocycles. The van der Waals surface area contributed by atoms with Gasteiger partial charge in [0, 0.05) is 0 Å². The van der Waals surface area contributed by atoms with Crippen LogP contribution in [0.4, 0.5) is 5.69 Å². The van der Waals surface area contributed by atoms with Crippen LogP contribution in [0.3, 0.4) is 0 Å². The van der Waals surface area contributed by atoms with E-state index in [0.717, 1.165) is 16.7 Å². The summed E-state index contributed by atoms with van der Waals surface area (Å²) < 4.78 is 33.9. The predicted molar refractivity (Wildman–Crippen MR) is 124 cm³/mol. The molecule has 1 heterocycles. The van der Waals surface area contributed by atoms with E-state index in [2.05, 4.69) is 11.4 Å². The maximum Gasteiger partial charge on any atom is 0.264 e. The summed E-state index contributed by atoms with van der Waals surface area (Å²) in [5.74, 6) is -0.00202. The number of carbonyl (C=O) groups excluding carboxylic acids is 1.